The van der Waals surface area contributed by atoms with Crippen LogP contribution in [0.2, 0.25) is 0 Å². The van der Waals surface area contributed by atoms with Gasteiger partial charge in [0.05, 0.1) is 0 Å². The molecule has 1 N–H and O–H groups in total. The summed E-state index contributed by atoms with van der Waals surface area (Å²) in [6, 6.07) is 13.2. The molecule has 0 bridgehead atoms. The predicted molar refractivity (Wildman–Crippen MR) is 101 cm³/mol. The van der Waals surface area contributed by atoms with Crippen molar-refractivity contribution in [1.82, 2.24) is 0 Å². The first-order valence-electron chi connectivity index (χ1n) is 8.69. The molecule has 0 radical (unpaired) electrons. The maximum absolute atomic E-state index is 12.1. The van der Waals surface area contributed by atoms with E-state index in [0.29, 0.717) is 5.75 Å². The summed E-state index contributed by atoms with van der Waals surface area (Å²) in [6.07, 6.45) is 0.00704. The summed E-state index contributed by atoms with van der Waals surface area (Å²) in [5.74, 6) is -0.362. The minimum atomic E-state index is -0.797. The lowest BCUT2D eigenvalue weighted by Gasteiger charge is -2.15. The molecule has 0 saturated heterocycles. The van der Waals surface area contributed by atoms with Gasteiger partial charge in [0.15, 0.2) is 12.7 Å². The Kier molecular flexibility index (Phi) is 6.78. The van der Waals surface area contributed by atoms with Crippen molar-refractivity contribution in [3.63, 3.8) is 0 Å². The molecule has 26 heavy (non-hydrogen) atoms. The quantitative estimate of drug-likeness (QED) is 0.767. The maximum atomic E-state index is 12.1. The highest BCUT2D eigenvalue weighted by Crippen LogP contribution is 2.21. The normalized spacial score (nSPS) is 11.5. The van der Waals surface area contributed by atoms with E-state index in [0.717, 1.165) is 28.8 Å². The van der Waals surface area contributed by atoms with E-state index in [1.807, 2.05) is 57.2 Å². The molecule has 0 saturated carbocycles. The molecule has 0 unspecified atom stereocenters. The van der Waals surface area contributed by atoms with E-state index in [4.69, 9.17) is 9.47 Å². The number of hydrogen-bond acceptors (Lipinski definition) is 4. The smallest absolute Gasteiger partial charge is 0.347 e. The van der Waals surface area contributed by atoms with Crippen LogP contribution in [0.4, 0.5) is 5.69 Å². The number of carbonyl (C=O) groups excluding carboxylic acids is 2. The Morgan fingerprint density at radius 1 is 1.12 bits per heavy atom. The average Bonchev–Trinajstić information content (AvgIpc) is 2.61. The monoisotopic (exact) mass is 355 g/mol. The first-order valence-corrected chi connectivity index (χ1v) is 8.69. The Balaban J connectivity index is 1.88. The molecule has 0 aliphatic carbocycles. The van der Waals surface area contributed by atoms with Gasteiger partial charge in [0.1, 0.15) is 5.75 Å². The van der Waals surface area contributed by atoms with Crippen molar-refractivity contribution in [2.75, 3.05) is 11.9 Å². The minimum Gasteiger partial charge on any atom is -0.479 e. The van der Waals surface area contributed by atoms with Gasteiger partial charge in [-0.3, -0.25) is 4.79 Å². The van der Waals surface area contributed by atoms with E-state index in [9.17, 15) is 9.59 Å². The minimum absolute atomic E-state index is 0.349. The maximum Gasteiger partial charge on any atom is 0.347 e. The molecule has 0 fully saturated rings. The van der Waals surface area contributed by atoms with E-state index in [1.165, 1.54) is 0 Å². The molecule has 0 aliphatic heterocycles. The largest absolute Gasteiger partial charge is 0.479 e. The number of amides is 1. The fourth-order valence-corrected chi connectivity index (χ4v) is 2.57. The van der Waals surface area contributed by atoms with Gasteiger partial charge in [-0.05, 0) is 56.0 Å². The van der Waals surface area contributed by atoms with Crippen LogP contribution in [0.1, 0.15) is 30.5 Å². The lowest BCUT2D eigenvalue weighted by atomic mass is 10.1. The van der Waals surface area contributed by atoms with Crippen LogP contribution in [0, 0.1) is 13.8 Å². The number of para-hydroxylation sites is 1. The second-order valence-corrected chi connectivity index (χ2v) is 6.20. The molecule has 2 aromatic carbocycles. The molecular weight excluding hydrogens is 330 g/mol. The number of anilines is 1. The van der Waals surface area contributed by atoms with E-state index in [2.05, 4.69) is 5.32 Å². The van der Waals surface area contributed by atoms with Crippen LogP contribution in [0.3, 0.4) is 0 Å². The summed E-state index contributed by atoms with van der Waals surface area (Å²) in [5, 5.41) is 2.82. The topological polar surface area (TPSA) is 64.6 Å². The Labute approximate surface area is 154 Å². The molecule has 5 heteroatoms. The molecule has 1 amide bonds. The lowest BCUT2D eigenvalue weighted by Crippen LogP contribution is -2.30. The van der Waals surface area contributed by atoms with Crippen molar-refractivity contribution in [2.24, 2.45) is 0 Å². The van der Waals surface area contributed by atoms with Crippen LogP contribution in [0.5, 0.6) is 5.75 Å². The Morgan fingerprint density at radius 3 is 2.54 bits per heavy atom. The molecular formula is C21H25NO4. The van der Waals surface area contributed by atoms with Crippen molar-refractivity contribution in [2.45, 2.75) is 40.2 Å². The molecule has 0 aliphatic rings. The zero-order valence-electron chi connectivity index (χ0n) is 15.7. The van der Waals surface area contributed by atoms with Crippen molar-refractivity contribution >= 4 is 17.6 Å². The number of ether oxygens (including phenoxy) is 2. The highest BCUT2D eigenvalue weighted by atomic mass is 16.6. The van der Waals surface area contributed by atoms with Gasteiger partial charge in [-0.25, -0.2) is 4.79 Å². The first-order chi connectivity index (χ1) is 12.4. The van der Waals surface area contributed by atoms with Gasteiger partial charge in [-0.1, -0.05) is 37.3 Å². The SMILES string of the molecule is CCc1cccc(C)c1NC(=O)COC(=O)[C@H](C)Oc1cccc(C)c1. The zero-order valence-corrected chi connectivity index (χ0v) is 15.7. The van der Waals surface area contributed by atoms with Gasteiger partial charge in [0.25, 0.3) is 5.91 Å². The standard InChI is InChI=1S/C21H25NO4/c1-5-17-10-7-9-15(3)20(17)22-19(23)13-25-21(24)16(4)26-18-11-6-8-14(2)12-18/h6-12,16H,5,13H2,1-4H3,(H,22,23)/t16-/m0/s1. The molecule has 2 aromatic rings. The van der Waals surface area contributed by atoms with Crippen LogP contribution < -0.4 is 10.1 Å². The lowest BCUT2D eigenvalue weighted by molar-refractivity contribution is -0.153. The van der Waals surface area contributed by atoms with Crippen molar-refractivity contribution in [3.8, 4) is 5.75 Å². The van der Waals surface area contributed by atoms with E-state index in [-0.39, 0.29) is 12.5 Å². The second-order valence-electron chi connectivity index (χ2n) is 6.20. The van der Waals surface area contributed by atoms with Crippen LogP contribution in [-0.4, -0.2) is 24.6 Å². The summed E-state index contributed by atoms with van der Waals surface area (Å²) < 4.78 is 10.6. The summed E-state index contributed by atoms with van der Waals surface area (Å²) in [5.41, 5.74) is 3.83. The van der Waals surface area contributed by atoms with Crippen molar-refractivity contribution in [3.05, 3.63) is 59.2 Å². The van der Waals surface area contributed by atoms with Gasteiger partial charge in [0.2, 0.25) is 0 Å². The Hall–Kier alpha value is -2.82. The summed E-state index contributed by atoms with van der Waals surface area (Å²) >= 11 is 0. The number of hydrogen-bond donors (Lipinski definition) is 1. The van der Waals surface area contributed by atoms with Gasteiger partial charge >= 0.3 is 5.97 Å². The molecule has 138 valence electrons. The molecule has 2 rings (SSSR count). The number of rotatable bonds is 7. The third-order valence-corrected chi connectivity index (χ3v) is 3.98. The zero-order chi connectivity index (χ0) is 19.1. The average molecular weight is 355 g/mol. The number of carbonyl (C=O) groups is 2. The van der Waals surface area contributed by atoms with Gasteiger partial charge < -0.3 is 14.8 Å². The third-order valence-electron chi connectivity index (χ3n) is 3.98. The third kappa shape index (κ3) is 5.34. The highest BCUT2D eigenvalue weighted by Gasteiger charge is 2.18. The Bertz CT molecular complexity index is 785. The first kappa shape index (κ1) is 19.5. The number of esters is 1. The van der Waals surface area contributed by atoms with Crippen LogP contribution >= 0.6 is 0 Å². The van der Waals surface area contributed by atoms with Crippen molar-refractivity contribution in [1.29, 1.82) is 0 Å². The summed E-state index contributed by atoms with van der Waals surface area (Å²) in [6.45, 7) is 7.14. The van der Waals surface area contributed by atoms with Gasteiger partial charge in [-0.2, -0.15) is 0 Å². The van der Waals surface area contributed by atoms with Crippen LogP contribution in [0.25, 0.3) is 0 Å². The van der Waals surface area contributed by atoms with E-state index < -0.39 is 12.1 Å². The fraction of sp³-hybridized carbons (Fsp3) is 0.333. The van der Waals surface area contributed by atoms with Crippen LogP contribution in [-0.2, 0) is 20.7 Å². The molecule has 0 heterocycles. The Morgan fingerprint density at radius 2 is 1.85 bits per heavy atom. The number of benzene rings is 2. The molecule has 1 atom stereocenters. The predicted octanol–water partition coefficient (Wildman–Crippen LogP) is 3.82. The van der Waals surface area contributed by atoms with Gasteiger partial charge in [-0.15, -0.1) is 0 Å². The summed E-state index contributed by atoms with van der Waals surface area (Å²) in [4.78, 5) is 24.2. The van der Waals surface area contributed by atoms with E-state index in [1.54, 1.807) is 13.0 Å². The fourth-order valence-electron chi connectivity index (χ4n) is 2.57. The van der Waals surface area contributed by atoms with Crippen molar-refractivity contribution < 1.29 is 19.1 Å². The number of aryl methyl sites for hydroxylation is 3. The number of nitrogens with one attached hydrogen (secondary N) is 1. The highest BCUT2D eigenvalue weighted by molar-refractivity contribution is 5.94. The molecule has 0 aromatic heterocycles. The molecule has 0 spiro atoms. The van der Waals surface area contributed by atoms with Crippen LogP contribution in [0.15, 0.2) is 42.5 Å². The molecule has 5 nitrogen and oxygen atoms in total. The van der Waals surface area contributed by atoms with Gasteiger partial charge in [0, 0.05) is 5.69 Å². The summed E-state index contributed by atoms with van der Waals surface area (Å²) in [7, 11) is 0. The second kappa shape index (κ2) is 9.04. The van der Waals surface area contributed by atoms with E-state index >= 15 is 0 Å².